The van der Waals surface area contributed by atoms with Crippen LogP contribution < -0.4 is 10.9 Å². The lowest BCUT2D eigenvalue weighted by Crippen LogP contribution is -2.33. The summed E-state index contributed by atoms with van der Waals surface area (Å²) in [5, 5.41) is 7.05. The SMILES string of the molecule is CSc1ccc(NC(=O)C(C)n2nc(-c3ccco3)ccc2=O)cc1. The van der Waals surface area contributed by atoms with Crippen molar-refractivity contribution in [2.75, 3.05) is 11.6 Å². The number of hydrogen-bond donors (Lipinski definition) is 1. The molecule has 0 aliphatic heterocycles. The second kappa shape index (κ2) is 7.40. The van der Waals surface area contributed by atoms with Crippen molar-refractivity contribution in [2.24, 2.45) is 0 Å². The fraction of sp³-hybridized carbons (Fsp3) is 0.167. The highest BCUT2D eigenvalue weighted by molar-refractivity contribution is 7.98. The summed E-state index contributed by atoms with van der Waals surface area (Å²) in [4.78, 5) is 25.7. The summed E-state index contributed by atoms with van der Waals surface area (Å²) in [5.74, 6) is 0.220. The highest BCUT2D eigenvalue weighted by Gasteiger charge is 2.18. The molecule has 0 radical (unpaired) electrons. The zero-order valence-corrected chi connectivity index (χ0v) is 14.6. The van der Waals surface area contributed by atoms with Crippen molar-refractivity contribution in [2.45, 2.75) is 17.9 Å². The number of benzene rings is 1. The van der Waals surface area contributed by atoms with Gasteiger partial charge in [0.15, 0.2) is 5.76 Å². The average molecular weight is 355 g/mol. The summed E-state index contributed by atoms with van der Waals surface area (Å²) in [6.07, 6.45) is 3.51. The molecule has 1 amide bonds. The molecule has 0 fully saturated rings. The minimum absolute atomic E-state index is 0.317. The number of furan rings is 1. The first-order chi connectivity index (χ1) is 12.1. The van der Waals surface area contributed by atoms with Crippen molar-refractivity contribution < 1.29 is 9.21 Å². The Labute approximate surface area is 148 Å². The number of carbonyl (C=O) groups is 1. The minimum Gasteiger partial charge on any atom is -0.463 e. The van der Waals surface area contributed by atoms with Crippen molar-refractivity contribution >= 4 is 23.4 Å². The standard InChI is InChI=1S/C18H17N3O3S/c1-12(18(23)19-13-5-7-14(25-2)8-6-13)21-17(22)10-9-15(20-21)16-4-3-11-24-16/h3-12H,1-2H3,(H,19,23). The van der Waals surface area contributed by atoms with Gasteiger partial charge in [0.25, 0.3) is 5.56 Å². The van der Waals surface area contributed by atoms with Crippen LogP contribution in [-0.4, -0.2) is 21.9 Å². The van der Waals surface area contributed by atoms with Gasteiger partial charge in [-0.05, 0) is 55.6 Å². The van der Waals surface area contributed by atoms with Crippen molar-refractivity contribution in [1.82, 2.24) is 9.78 Å². The molecule has 1 unspecified atom stereocenters. The predicted molar refractivity (Wildman–Crippen MR) is 97.8 cm³/mol. The van der Waals surface area contributed by atoms with Crippen LogP contribution in [0.5, 0.6) is 0 Å². The average Bonchev–Trinajstić information content (AvgIpc) is 3.17. The zero-order chi connectivity index (χ0) is 17.8. The topological polar surface area (TPSA) is 77.1 Å². The normalized spacial score (nSPS) is 11.9. The maximum absolute atomic E-state index is 12.5. The first-order valence-electron chi connectivity index (χ1n) is 7.67. The summed E-state index contributed by atoms with van der Waals surface area (Å²) in [7, 11) is 0. The molecule has 0 aliphatic carbocycles. The number of aromatic nitrogens is 2. The summed E-state index contributed by atoms with van der Waals surface area (Å²) in [5.41, 5.74) is 0.814. The number of thioether (sulfide) groups is 1. The Morgan fingerprint density at radius 1 is 1.20 bits per heavy atom. The van der Waals surface area contributed by atoms with Gasteiger partial charge in [0.1, 0.15) is 11.7 Å². The van der Waals surface area contributed by atoms with E-state index < -0.39 is 6.04 Å². The number of nitrogens with zero attached hydrogens (tertiary/aromatic N) is 2. The lowest BCUT2D eigenvalue weighted by Gasteiger charge is -2.14. The van der Waals surface area contributed by atoms with Crippen LogP contribution in [0.3, 0.4) is 0 Å². The van der Waals surface area contributed by atoms with Gasteiger partial charge in [-0.15, -0.1) is 11.8 Å². The number of rotatable bonds is 5. The van der Waals surface area contributed by atoms with Crippen LogP contribution >= 0.6 is 11.8 Å². The van der Waals surface area contributed by atoms with Crippen molar-refractivity contribution in [1.29, 1.82) is 0 Å². The van der Waals surface area contributed by atoms with E-state index in [2.05, 4.69) is 10.4 Å². The highest BCUT2D eigenvalue weighted by Crippen LogP contribution is 2.19. The van der Waals surface area contributed by atoms with E-state index >= 15 is 0 Å². The zero-order valence-electron chi connectivity index (χ0n) is 13.8. The third kappa shape index (κ3) is 3.83. The molecule has 1 aromatic carbocycles. The molecule has 3 rings (SSSR count). The maximum Gasteiger partial charge on any atom is 0.267 e. The summed E-state index contributed by atoms with van der Waals surface area (Å²) >= 11 is 1.62. The molecule has 6 nitrogen and oxygen atoms in total. The molecule has 0 aliphatic rings. The van der Waals surface area contributed by atoms with Gasteiger partial charge in [-0.2, -0.15) is 5.10 Å². The van der Waals surface area contributed by atoms with Gasteiger partial charge in [-0.1, -0.05) is 0 Å². The largest absolute Gasteiger partial charge is 0.463 e. The summed E-state index contributed by atoms with van der Waals surface area (Å²) in [6.45, 7) is 1.63. The van der Waals surface area contributed by atoms with Crippen LogP contribution in [0.15, 0.2) is 68.9 Å². The maximum atomic E-state index is 12.5. The Morgan fingerprint density at radius 2 is 1.96 bits per heavy atom. The molecule has 0 bridgehead atoms. The molecule has 2 aromatic heterocycles. The molecule has 128 valence electrons. The van der Waals surface area contributed by atoms with E-state index in [9.17, 15) is 9.59 Å². The Balaban J connectivity index is 1.81. The van der Waals surface area contributed by atoms with Gasteiger partial charge in [-0.25, -0.2) is 4.68 Å². The number of nitrogens with one attached hydrogen (secondary N) is 1. The van der Waals surface area contributed by atoms with Crippen LogP contribution in [0.2, 0.25) is 0 Å². The number of carbonyl (C=O) groups excluding carboxylic acids is 1. The van der Waals surface area contributed by atoms with Gasteiger partial charge < -0.3 is 9.73 Å². The Bertz CT molecular complexity index is 917. The predicted octanol–water partition coefficient (Wildman–Crippen LogP) is 3.42. The molecule has 25 heavy (non-hydrogen) atoms. The Kier molecular flexibility index (Phi) is 5.04. The van der Waals surface area contributed by atoms with Gasteiger partial charge in [0.05, 0.1) is 6.26 Å². The first kappa shape index (κ1) is 17.0. The first-order valence-corrected chi connectivity index (χ1v) is 8.89. The fourth-order valence-electron chi connectivity index (χ4n) is 2.29. The lowest BCUT2D eigenvalue weighted by molar-refractivity contribution is -0.119. The summed E-state index contributed by atoms with van der Waals surface area (Å²) in [6, 6.07) is 13.2. The smallest absolute Gasteiger partial charge is 0.267 e. The highest BCUT2D eigenvalue weighted by atomic mass is 32.2. The van der Waals surface area contributed by atoms with E-state index in [0.29, 0.717) is 17.1 Å². The fourth-order valence-corrected chi connectivity index (χ4v) is 2.70. The van der Waals surface area contributed by atoms with E-state index in [1.54, 1.807) is 36.9 Å². The van der Waals surface area contributed by atoms with E-state index in [-0.39, 0.29) is 11.5 Å². The second-order valence-corrected chi connectivity index (χ2v) is 6.25. The van der Waals surface area contributed by atoms with Gasteiger partial charge in [-0.3, -0.25) is 9.59 Å². The molecule has 1 atom stereocenters. The third-order valence-electron chi connectivity index (χ3n) is 3.70. The number of anilines is 1. The van der Waals surface area contributed by atoms with Gasteiger partial charge in [0.2, 0.25) is 5.91 Å². The van der Waals surface area contributed by atoms with E-state index in [1.165, 1.54) is 12.3 Å². The number of amides is 1. The molecule has 1 N–H and O–H groups in total. The van der Waals surface area contributed by atoms with Crippen molar-refractivity contribution in [3.63, 3.8) is 0 Å². The monoisotopic (exact) mass is 355 g/mol. The molecular formula is C18H17N3O3S. The van der Waals surface area contributed by atoms with Crippen LogP contribution in [0, 0.1) is 0 Å². The molecule has 0 saturated heterocycles. The van der Waals surface area contributed by atoms with E-state index in [1.807, 2.05) is 30.5 Å². The van der Waals surface area contributed by atoms with Crippen molar-refractivity contribution in [3.05, 3.63) is 65.1 Å². The minimum atomic E-state index is -0.761. The van der Waals surface area contributed by atoms with Gasteiger partial charge in [0, 0.05) is 16.6 Å². The molecule has 7 heteroatoms. The van der Waals surface area contributed by atoms with Crippen LogP contribution in [0.4, 0.5) is 5.69 Å². The number of hydrogen-bond acceptors (Lipinski definition) is 5. The molecule has 3 aromatic rings. The quantitative estimate of drug-likeness (QED) is 0.710. The molecule has 0 spiro atoms. The summed E-state index contributed by atoms with van der Waals surface area (Å²) < 4.78 is 6.45. The molecule has 2 heterocycles. The van der Waals surface area contributed by atoms with Gasteiger partial charge >= 0.3 is 0 Å². The Morgan fingerprint density at radius 3 is 2.60 bits per heavy atom. The Hall–Kier alpha value is -2.80. The van der Waals surface area contributed by atoms with E-state index in [0.717, 1.165) is 9.58 Å². The molecular weight excluding hydrogens is 338 g/mol. The van der Waals surface area contributed by atoms with Crippen LogP contribution in [0.1, 0.15) is 13.0 Å². The second-order valence-electron chi connectivity index (χ2n) is 5.37. The molecule has 0 saturated carbocycles. The van der Waals surface area contributed by atoms with Crippen molar-refractivity contribution in [3.8, 4) is 11.5 Å². The lowest BCUT2D eigenvalue weighted by atomic mass is 10.2. The van der Waals surface area contributed by atoms with E-state index in [4.69, 9.17) is 4.42 Å². The van der Waals surface area contributed by atoms with Crippen LogP contribution in [-0.2, 0) is 4.79 Å². The third-order valence-corrected chi connectivity index (χ3v) is 4.45. The van der Waals surface area contributed by atoms with Crippen LogP contribution in [0.25, 0.3) is 11.5 Å².